The third-order valence-electron chi connectivity index (χ3n) is 5.39. The fourth-order valence-corrected chi connectivity index (χ4v) is 5.23. The molecule has 0 spiro atoms. The van der Waals surface area contributed by atoms with Gasteiger partial charge in [0.05, 0.1) is 5.52 Å². The van der Waals surface area contributed by atoms with Crippen LogP contribution in [-0.2, 0) is 21.4 Å². The van der Waals surface area contributed by atoms with E-state index in [1.54, 1.807) is 23.1 Å². The Labute approximate surface area is 178 Å². The summed E-state index contributed by atoms with van der Waals surface area (Å²) in [5.41, 5.74) is 1.19. The minimum Gasteiger partial charge on any atom is -0.408 e. The Kier molecular flexibility index (Phi) is 5.92. The van der Waals surface area contributed by atoms with Gasteiger partial charge in [-0.15, -0.1) is 0 Å². The standard InChI is InChI=1S/C21H22FN3O5S/c22-16-6-1-4-9-19(16)31(28,29)24-14-12-23(13-15-24)20(26)10-5-11-25-17-7-2-3-8-18(17)30-21(25)27/h1-4,6-9H,5,10-15H2. The number of oxazole rings is 1. The first-order valence-corrected chi connectivity index (χ1v) is 11.4. The molecule has 0 radical (unpaired) electrons. The number of carbonyl (C=O) groups excluding carboxylic acids is 1. The topological polar surface area (TPSA) is 92.8 Å². The summed E-state index contributed by atoms with van der Waals surface area (Å²) in [7, 11) is -3.94. The van der Waals surface area contributed by atoms with Gasteiger partial charge in [-0.25, -0.2) is 17.6 Å². The van der Waals surface area contributed by atoms with Gasteiger partial charge < -0.3 is 9.32 Å². The third-order valence-corrected chi connectivity index (χ3v) is 7.32. The first-order valence-electron chi connectivity index (χ1n) is 9.99. The first kappa shape index (κ1) is 21.3. The van der Waals surface area contributed by atoms with Gasteiger partial charge in [0.2, 0.25) is 15.9 Å². The minimum absolute atomic E-state index is 0.105. The van der Waals surface area contributed by atoms with E-state index in [1.165, 1.54) is 27.1 Å². The number of fused-ring (bicyclic) bond motifs is 1. The number of nitrogens with zero attached hydrogens (tertiary/aromatic N) is 3. The van der Waals surface area contributed by atoms with E-state index in [1.807, 2.05) is 6.07 Å². The molecule has 1 fully saturated rings. The summed E-state index contributed by atoms with van der Waals surface area (Å²) >= 11 is 0. The van der Waals surface area contributed by atoms with E-state index < -0.39 is 21.6 Å². The van der Waals surface area contributed by atoms with E-state index in [4.69, 9.17) is 4.42 Å². The highest BCUT2D eigenvalue weighted by atomic mass is 32.2. The van der Waals surface area contributed by atoms with Gasteiger partial charge in [-0.3, -0.25) is 9.36 Å². The maximum atomic E-state index is 13.9. The molecule has 1 aromatic heterocycles. The van der Waals surface area contributed by atoms with Gasteiger partial charge in [0, 0.05) is 39.1 Å². The van der Waals surface area contributed by atoms with Crippen molar-refractivity contribution in [1.82, 2.24) is 13.8 Å². The van der Waals surface area contributed by atoms with Gasteiger partial charge in [0.15, 0.2) is 5.58 Å². The maximum absolute atomic E-state index is 13.9. The van der Waals surface area contributed by atoms with Gasteiger partial charge >= 0.3 is 5.76 Å². The molecule has 0 atom stereocenters. The predicted octanol–water partition coefficient (Wildman–Crippen LogP) is 2.05. The van der Waals surface area contributed by atoms with E-state index >= 15 is 0 Å². The summed E-state index contributed by atoms with van der Waals surface area (Å²) in [4.78, 5) is 25.8. The van der Waals surface area contributed by atoms with E-state index in [2.05, 4.69) is 0 Å². The molecule has 0 aliphatic carbocycles. The largest absolute Gasteiger partial charge is 0.419 e. The summed E-state index contributed by atoms with van der Waals surface area (Å²) in [6, 6.07) is 12.4. The van der Waals surface area contributed by atoms with Crippen LogP contribution in [0.1, 0.15) is 12.8 Å². The zero-order chi connectivity index (χ0) is 22.0. The molecule has 10 heteroatoms. The molecule has 31 heavy (non-hydrogen) atoms. The first-order chi connectivity index (χ1) is 14.9. The molecule has 4 rings (SSSR count). The summed E-state index contributed by atoms with van der Waals surface area (Å²) in [5.74, 6) is -1.35. The highest BCUT2D eigenvalue weighted by Gasteiger charge is 2.31. The Morgan fingerprint density at radius 1 is 1.00 bits per heavy atom. The fraction of sp³-hybridized carbons (Fsp3) is 0.333. The summed E-state index contributed by atoms with van der Waals surface area (Å²) in [6.07, 6.45) is 0.683. The number of hydrogen-bond acceptors (Lipinski definition) is 5. The molecule has 2 heterocycles. The van der Waals surface area contributed by atoms with Crippen LogP contribution >= 0.6 is 0 Å². The number of halogens is 1. The average molecular weight is 447 g/mol. The number of benzene rings is 2. The van der Waals surface area contributed by atoms with Crippen LogP contribution in [0, 0.1) is 5.82 Å². The number of hydrogen-bond donors (Lipinski definition) is 0. The quantitative estimate of drug-likeness (QED) is 0.577. The lowest BCUT2D eigenvalue weighted by Gasteiger charge is -2.34. The molecule has 0 N–H and O–H groups in total. The zero-order valence-corrected chi connectivity index (χ0v) is 17.6. The van der Waals surface area contributed by atoms with Crippen molar-refractivity contribution in [3.05, 3.63) is 64.9 Å². The van der Waals surface area contributed by atoms with Crippen molar-refractivity contribution >= 4 is 27.0 Å². The van der Waals surface area contributed by atoms with Gasteiger partial charge in [-0.2, -0.15) is 4.31 Å². The van der Waals surface area contributed by atoms with Crippen LogP contribution in [0.15, 0.2) is 62.6 Å². The molecule has 0 unspecified atom stereocenters. The highest BCUT2D eigenvalue weighted by Crippen LogP contribution is 2.21. The number of amides is 1. The number of para-hydroxylation sites is 2. The molecule has 2 aromatic carbocycles. The van der Waals surface area contributed by atoms with Crippen molar-refractivity contribution in [2.24, 2.45) is 0 Å². The monoisotopic (exact) mass is 447 g/mol. The Morgan fingerprint density at radius 3 is 2.42 bits per heavy atom. The van der Waals surface area contributed by atoms with Crippen molar-refractivity contribution in [2.75, 3.05) is 26.2 Å². The van der Waals surface area contributed by atoms with Gasteiger partial charge in [-0.1, -0.05) is 24.3 Å². The van der Waals surface area contributed by atoms with Crippen molar-refractivity contribution in [3.8, 4) is 0 Å². The van der Waals surface area contributed by atoms with Gasteiger partial charge in [0.1, 0.15) is 10.7 Å². The van der Waals surface area contributed by atoms with Crippen LogP contribution in [0.25, 0.3) is 11.1 Å². The van der Waals surface area contributed by atoms with Crippen LogP contribution in [-0.4, -0.2) is 54.3 Å². The number of rotatable bonds is 6. The fourth-order valence-electron chi connectivity index (χ4n) is 3.74. The molecule has 8 nitrogen and oxygen atoms in total. The van der Waals surface area contributed by atoms with E-state index in [0.29, 0.717) is 24.1 Å². The molecular weight excluding hydrogens is 425 g/mol. The van der Waals surface area contributed by atoms with Crippen LogP contribution < -0.4 is 5.76 Å². The Morgan fingerprint density at radius 2 is 1.68 bits per heavy atom. The Balaban J connectivity index is 1.32. The molecule has 164 valence electrons. The lowest BCUT2D eigenvalue weighted by molar-refractivity contribution is -0.132. The molecule has 1 aliphatic rings. The van der Waals surface area contributed by atoms with Crippen molar-refractivity contribution in [2.45, 2.75) is 24.3 Å². The molecule has 0 saturated carbocycles. The van der Waals surface area contributed by atoms with Crippen molar-refractivity contribution in [1.29, 1.82) is 0 Å². The Bertz CT molecular complexity index is 1260. The number of aryl methyl sites for hydroxylation is 1. The molecule has 0 bridgehead atoms. The Hall–Kier alpha value is -2.98. The second-order valence-corrected chi connectivity index (χ2v) is 9.21. The number of carbonyl (C=O) groups is 1. The van der Waals surface area contributed by atoms with Crippen molar-refractivity contribution < 1.29 is 22.0 Å². The van der Waals surface area contributed by atoms with Crippen molar-refractivity contribution in [3.63, 3.8) is 0 Å². The summed E-state index contributed by atoms with van der Waals surface area (Å²) in [6.45, 7) is 1.04. The maximum Gasteiger partial charge on any atom is 0.419 e. The van der Waals surface area contributed by atoms with E-state index in [0.717, 1.165) is 6.07 Å². The predicted molar refractivity (Wildman–Crippen MR) is 111 cm³/mol. The van der Waals surface area contributed by atoms with Gasteiger partial charge in [0.25, 0.3) is 0 Å². The smallest absolute Gasteiger partial charge is 0.408 e. The number of piperazine rings is 1. The molecule has 1 aliphatic heterocycles. The number of aromatic nitrogens is 1. The third kappa shape index (κ3) is 4.26. The SMILES string of the molecule is O=C(CCCn1c(=O)oc2ccccc21)N1CCN(S(=O)(=O)c2ccccc2F)CC1. The number of sulfonamides is 1. The lowest BCUT2D eigenvalue weighted by Crippen LogP contribution is -2.50. The highest BCUT2D eigenvalue weighted by molar-refractivity contribution is 7.89. The summed E-state index contributed by atoms with van der Waals surface area (Å²) in [5, 5.41) is 0. The molecule has 3 aromatic rings. The van der Waals surface area contributed by atoms with Crippen LogP contribution in [0.3, 0.4) is 0 Å². The van der Waals surface area contributed by atoms with Crippen LogP contribution in [0.4, 0.5) is 4.39 Å². The molecule has 1 saturated heterocycles. The van der Waals surface area contributed by atoms with Crippen LogP contribution in [0.2, 0.25) is 0 Å². The summed E-state index contributed by atoms with van der Waals surface area (Å²) < 4.78 is 47.1. The normalized spacial score (nSPS) is 15.5. The van der Waals surface area contributed by atoms with E-state index in [-0.39, 0.29) is 43.4 Å². The molecular formula is C21H22FN3O5S. The second-order valence-electron chi connectivity index (χ2n) is 7.31. The lowest BCUT2D eigenvalue weighted by atomic mass is 10.2. The minimum atomic E-state index is -3.94. The van der Waals surface area contributed by atoms with Gasteiger partial charge in [-0.05, 0) is 30.7 Å². The molecule has 1 amide bonds. The average Bonchev–Trinajstić information content (AvgIpc) is 3.09. The zero-order valence-electron chi connectivity index (χ0n) is 16.7. The van der Waals surface area contributed by atoms with Crippen LogP contribution in [0.5, 0.6) is 0 Å². The second kappa shape index (κ2) is 8.64. The van der Waals surface area contributed by atoms with E-state index in [9.17, 15) is 22.4 Å².